The molecule has 2 aromatic heterocycles. The van der Waals surface area contributed by atoms with Crippen LogP contribution >= 0.6 is 0 Å². The van der Waals surface area contributed by atoms with Crippen LogP contribution < -0.4 is 32.3 Å². The molecule has 0 saturated heterocycles. The number of amides is 5. The number of carbonyl (C=O) groups excluding carboxylic acids is 5. The highest BCUT2D eigenvalue weighted by molar-refractivity contribution is 6.04. The molecular weight excluding hydrogens is 773 g/mol. The van der Waals surface area contributed by atoms with Crippen molar-refractivity contribution in [2.45, 2.75) is 63.3 Å². The molecule has 0 aliphatic heterocycles. The van der Waals surface area contributed by atoms with Crippen LogP contribution in [0.15, 0.2) is 72.8 Å². The van der Waals surface area contributed by atoms with Gasteiger partial charge in [0.15, 0.2) is 11.6 Å². The monoisotopic (exact) mass is 814 g/mol. The minimum Gasteiger partial charge on any atom is -0.480 e. The number of nitrogens with two attached hydrogens (primary N) is 1. The third-order valence-electron chi connectivity index (χ3n) is 7.81. The standard InChI is InChI=1S/C34H40N10O7.C2HF3O2/c1-20(45)36-28-18-26(42-43-28)33(49)40-29-19-25(41-44-29)32(48)37-23(14-8-9-15-35)30(46)38-24(16-21-10-4-2-5-11-21)31(47)39-27(34(50)51)17-22-12-6-3-7-13-22;3-2(4,5)1(6)7/h2-7,10-13,18-19,23-24,27H,8-9,14-17,35H2,1H3,(H,37,48)(H,38,46)(H,39,47)(H,50,51)(H2,36,42,43,45)(H2,40,41,44,49);(H,6,7)/t23-,24-,27-;/m0./s1. The molecule has 0 fully saturated rings. The van der Waals surface area contributed by atoms with E-state index in [0.29, 0.717) is 30.5 Å². The Hall–Kier alpha value is -7.10. The maximum atomic E-state index is 13.7. The topological polar surface area (TPSA) is 303 Å². The molecule has 0 saturated carbocycles. The Kier molecular flexibility index (Phi) is 17.1. The fourth-order valence-electron chi connectivity index (χ4n) is 5.02. The zero-order valence-electron chi connectivity index (χ0n) is 30.8. The van der Waals surface area contributed by atoms with Gasteiger partial charge in [0.05, 0.1) is 0 Å². The first-order valence-electron chi connectivity index (χ1n) is 17.4. The van der Waals surface area contributed by atoms with Crippen LogP contribution in [0.25, 0.3) is 0 Å². The number of aromatic amines is 2. The van der Waals surface area contributed by atoms with Crippen LogP contribution in [0.1, 0.15) is 58.3 Å². The fraction of sp³-hybridized carbons (Fsp3) is 0.306. The smallest absolute Gasteiger partial charge is 0.480 e. The summed E-state index contributed by atoms with van der Waals surface area (Å²) >= 11 is 0. The van der Waals surface area contributed by atoms with Crippen molar-refractivity contribution in [1.29, 1.82) is 0 Å². The third kappa shape index (κ3) is 15.2. The Morgan fingerprint density at radius 3 is 1.64 bits per heavy atom. The second-order valence-electron chi connectivity index (χ2n) is 12.4. The number of rotatable bonds is 18. The molecule has 0 spiro atoms. The molecule has 58 heavy (non-hydrogen) atoms. The Morgan fingerprint density at radius 2 is 1.16 bits per heavy atom. The zero-order valence-corrected chi connectivity index (χ0v) is 30.8. The van der Waals surface area contributed by atoms with Gasteiger partial charge in [0.2, 0.25) is 17.7 Å². The van der Waals surface area contributed by atoms with Gasteiger partial charge in [-0.2, -0.15) is 23.4 Å². The highest BCUT2D eigenvalue weighted by Gasteiger charge is 2.38. The molecule has 2 aromatic carbocycles. The lowest BCUT2D eigenvalue weighted by Gasteiger charge is -2.25. The van der Waals surface area contributed by atoms with Gasteiger partial charge in [-0.3, -0.25) is 34.2 Å². The molecule has 19 nitrogen and oxygen atoms in total. The molecule has 0 bridgehead atoms. The number of aliphatic carboxylic acids is 2. The van der Waals surface area contributed by atoms with Crippen molar-refractivity contribution < 1.29 is 56.9 Å². The molecule has 0 aliphatic rings. The first-order chi connectivity index (χ1) is 27.5. The van der Waals surface area contributed by atoms with Crippen LogP contribution in [0.2, 0.25) is 0 Å². The number of nitrogens with one attached hydrogen (secondary N) is 7. The Balaban J connectivity index is 0.00000117. The van der Waals surface area contributed by atoms with Gasteiger partial charge in [-0.25, -0.2) is 9.59 Å². The summed E-state index contributed by atoms with van der Waals surface area (Å²) in [6.45, 7) is 1.65. The van der Waals surface area contributed by atoms with E-state index in [1.54, 1.807) is 60.7 Å². The van der Waals surface area contributed by atoms with E-state index in [9.17, 15) is 47.0 Å². The number of nitrogens with zero attached hydrogens (tertiary/aromatic N) is 2. The van der Waals surface area contributed by atoms with Gasteiger partial charge in [-0.1, -0.05) is 60.7 Å². The van der Waals surface area contributed by atoms with Gasteiger partial charge in [-0.15, -0.1) is 0 Å². The summed E-state index contributed by atoms with van der Waals surface area (Å²) in [4.78, 5) is 85.4. The lowest BCUT2D eigenvalue weighted by atomic mass is 10.0. The summed E-state index contributed by atoms with van der Waals surface area (Å²) in [6, 6.07) is 16.7. The predicted octanol–water partition coefficient (Wildman–Crippen LogP) is 1.74. The Bertz CT molecular complexity index is 2020. The van der Waals surface area contributed by atoms with E-state index in [4.69, 9.17) is 15.6 Å². The van der Waals surface area contributed by atoms with Crippen molar-refractivity contribution in [3.63, 3.8) is 0 Å². The highest BCUT2D eigenvalue weighted by atomic mass is 19.4. The molecule has 0 unspecified atom stereocenters. The van der Waals surface area contributed by atoms with Crippen molar-refractivity contribution in [3.05, 3.63) is 95.3 Å². The molecular formula is C36H41F3N10O9. The molecule has 310 valence electrons. The van der Waals surface area contributed by atoms with Crippen LogP contribution in [0, 0.1) is 0 Å². The Morgan fingerprint density at radius 1 is 0.690 bits per heavy atom. The Labute approximate surface area is 327 Å². The largest absolute Gasteiger partial charge is 0.490 e. The molecule has 2 heterocycles. The number of unbranched alkanes of at least 4 members (excludes halogenated alkanes) is 1. The van der Waals surface area contributed by atoms with E-state index in [1.807, 2.05) is 0 Å². The molecule has 0 radical (unpaired) electrons. The van der Waals surface area contributed by atoms with Gasteiger partial charge in [0.25, 0.3) is 11.8 Å². The number of hydrogen-bond acceptors (Lipinski definition) is 10. The van der Waals surface area contributed by atoms with Gasteiger partial charge in [0.1, 0.15) is 29.5 Å². The third-order valence-corrected chi connectivity index (χ3v) is 7.81. The van der Waals surface area contributed by atoms with Gasteiger partial charge >= 0.3 is 18.1 Å². The molecule has 4 rings (SSSR count). The number of H-pyrrole nitrogens is 2. The van der Waals surface area contributed by atoms with Crippen molar-refractivity contribution in [2.24, 2.45) is 5.73 Å². The fourth-order valence-corrected chi connectivity index (χ4v) is 5.02. The molecule has 5 amide bonds. The van der Waals surface area contributed by atoms with Crippen molar-refractivity contribution in [1.82, 2.24) is 36.3 Å². The summed E-state index contributed by atoms with van der Waals surface area (Å²) in [5.74, 6) is -6.97. The van der Waals surface area contributed by atoms with E-state index < -0.39 is 59.9 Å². The quantitative estimate of drug-likeness (QED) is 0.0643. The van der Waals surface area contributed by atoms with Gasteiger partial charge < -0.3 is 42.5 Å². The lowest BCUT2D eigenvalue weighted by molar-refractivity contribution is -0.192. The van der Waals surface area contributed by atoms with E-state index >= 15 is 0 Å². The zero-order chi connectivity index (χ0) is 42.8. The molecule has 3 atom stereocenters. The second kappa shape index (κ2) is 21.8. The van der Waals surface area contributed by atoms with Crippen molar-refractivity contribution in [3.8, 4) is 0 Å². The van der Waals surface area contributed by atoms with Crippen molar-refractivity contribution in [2.75, 3.05) is 17.2 Å². The summed E-state index contributed by atoms with van der Waals surface area (Å²) in [5, 5.41) is 42.6. The molecule has 22 heteroatoms. The number of halogens is 3. The number of aromatic nitrogens is 4. The predicted molar refractivity (Wildman–Crippen MR) is 199 cm³/mol. The average molecular weight is 815 g/mol. The molecule has 11 N–H and O–H groups in total. The first-order valence-corrected chi connectivity index (χ1v) is 17.4. The SMILES string of the molecule is CC(=O)Nc1cc(C(=O)Nc2cc(C(=O)N[C@@H](CCCCN)C(=O)N[C@@H](Cc3ccccc3)C(=O)N[C@@H](Cc3ccccc3)C(=O)O)[nH]n2)[nH]n1.O=C(O)C(F)(F)F. The lowest BCUT2D eigenvalue weighted by Crippen LogP contribution is -2.56. The van der Waals surface area contributed by atoms with E-state index in [-0.39, 0.29) is 48.2 Å². The minimum atomic E-state index is -5.08. The summed E-state index contributed by atoms with van der Waals surface area (Å²) in [5.41, 5.74) is 7.03. The first kappa shape index (κ1) is 45.3. The van der Waals surface area contributed by atoms with Crippen LogP contribution in [0.3, 0.4) is 0 Å². The molecule has 4 aromatic rings. The van der Waals surface area contributed by atoms with Gasteiger partial charge in [0, 0.05) is 31.9 Å². The van der Waals surface area contributed by atoms with E-state index in [1.165, 1.54) is 19.1 Å². The number of hydrogen-bond donors (Lipinski definition) is 10. The number of carbonyl (C=O) groups is 7. The van der Waals surface area contributed by atoms with Crippen molar-refractivity contribution >= 4 is 53.1 Å². The van der Waals surface area contributed by atoms with Gasteiger partial charge in [-0.05, 0) is 36.9 Å². The molecule has 0 aliphatic carbocycles. The second-order valence-corrected chi connectivity index (χ2v) is 12.4. The normalized spacial score (nSPS) is 12.4. The number of carboxylic acids is 2. The number of alkyl halides is 3. The van der Waals surface area contributed by atoms with Crippen LogP contribution in [-0.2, 0) is 36.8 Å². The van der Waals surface area contributed by atoms with Crippen LogP contribution in [0.4, 0.5) is 24.8 Å². The summed E-state index contributed by atoms with van der Waals surface area (Å²) in [6.07, 6.45) is -3.80. The average Bonchev–Trinajstić information content (AvgIpc) is 3.84. The number of benzene rings is 2. The van der Waals surface area contributed by atoms with E-state index in [0.717, 1.165) is 0 Å². The summed E-state index contributed by atoms with van der Waals surface area (Å²) in [7, 11) is 0. The minimum absolute atomic E-state index is 0.00644. The number of anilines is 2. The number of carboxylic acid groups (broad SMARTS) is 2. The maximum Gasteiger partial charge on any atom is 0.490 e. The highest BCUT2D eigenvalue weighted by Crippen LogP contribution is 2.14. The van der Waals surface area contributed by atoms with Crippen LogP contribution in [-0.4, -0.2) is 103 Å². The van der Waals surface area contributed by atoms with E-state index in [2.05, 4.69) is 47.0 Å². The summed E-state index contributed by atoms with van der Waals surface area (Å²) < 4.78 is 31.7. The van der Waals surface area contributed by atoms with Crippen LogP contribution in [0.5, 0.6) is 0 Å². The maximum absolute atomic E-state index is 13.7.